The molecule has 0 aromatic rings. The summed E-state index contributed by atoms with van der Waals surface area (Å²) in [5.41, 5.74) is 0. The Kier molecular flexibility index (Phi) is 9.51. The first kappa shape index (κ1) is 27.3. The molecule has 0 aromatic heterocycles. The van der Waals surface area contributed by atoms with E-state index in [2.05, 4.69) is 12.2 Å². The minimum Gasteiger partial charge on any atom is -0.311 e. The van der Waals surface area contributed by atoms with E-state index in [9.17, 15) is 0 Å². The van der Waals surface area contributed by atoms with Crippen molar-refractivity contribution < 1.29 is 0 Å². The van der Waals surface area contributed by atoms with Crippen molar-refractivity contribution >= 4 is 0 Å². The van der Waals surface area contributed by atoms with Crippen molar-refractivity contribution in [3.8, 4) is 0 Å². The molecule has 38 heavy (non-hydrogen) atoms. The van der Waals surface area contributed by atoms with Crippen LogP contribution < -0.4 is 5.32 Å². The summed E-state index contributed by atoms with van der Waals surface area (Å²) in [7, 11) is 0. The number of hydrogen-bond donors (Lipinski definition) is 1. The molecule has 0 aromatic carbocycles. The second-order valence-electron chi connectivity index (χ2n) is 14.6. The van der Waals surface area contributed by atoms with Gasteiger partial charge in [-0.15, -0.1) is 0 Å². The van der Waals surface area contributed by atoms with Gasteiger partial charge in [0.2, 0.25) is 0 Å². The van der Waals surface area contributed by atoms with Crippen molar-refractivity contribution in [2.24, 2.45) is 50.0 Å². The molecule has 10 atom stereocenters. The average molecular weight is 524 g/mol. The zero-order valence-electron chi connectivity index (χ0n) is 24.5. The number of fused-ring (bicyclic) bond motifs is 2. The highest BCUT2D eigenvalue weighted by atomic mass is 15.2. The molecule has 5 heteroatoms. The largest absolute Gasteiger partial charge is 0.311 e. The summed E-state index contributed by atoms with van der Waals surface area (Å²) in [5, 5.41) is 24.7. The Hall–Kier alpha value is -0.840. The molecule has 5 nitrogen and oxygen atoms in total. The summed E-state index contributed by atoms with van der Waals surface area (Å²) < 4.78 is 0. The molecule has 6 aliphatic rings. The third-order valence-corrected chi connectivity index (χ3v) is 12.0. The Labute approximate surface area is 233 Å². The maximum atomic E-state index is 5.26. The molecular formula is C33H57N5. The molecule has 0 aliphatic heterocycles. The summed E-state index contributed by atoms with van der Waals surface area (Å²) in [4.78, 5) is 0. The van der Waals surface area contributed by atoms with Gasteiger partial charge < -0.3 is 5.32 Å². The monoisotopic (exact) mass is 523 g/mol. The van der Waals surface area contributed by atoms with E-state index in [-0.39, 0.29) is 0 Å². The van der Waals surface area contributed by atoms with Gasteiger partial charge in [0.15, 0.2) is 0 Å². The molecule has 6 saturated carbocycles. The first-order valence-electron chi connectivity index (χ1n) is 17.3. The molecule has 0 radical (unpaired) electrons. The zero-order valence-corrected chi connectivity index (χ0v) is 24.5. The Morgan fingerprint density at radius 1 is 0.447 bits per heavy atom. The fourth-order valence-electron chi connectivity index (χ4n) is 9.92. The standard InChI is InChI=1S/C33H57N5/c1-23-10-9-13-25(22-23)35-36-31-20-21-33(29-17-8-7-16-28(29)31)38-37-32-19-18-30(26-14-5-6-15-27(26)32)34-24-11-3-2-4-12-24/h23-34H,2-22H2,1H3. The van der Waals surface area contributed by atoms with Gasteiger partial charge in [0.05, 0.1) is 24.2 Å². The number of nitrogens with one attached hydrogen (secondary N) is 1. The molecule has 214 valence electrons. The van der Waals surface area contributed by atoms with Crippen LogP contribution in [0.2, 0.25) is 0 Å². The molecule has 6 aliphatic carbocycles. The second kappa shape index (κ2) is 13.2. The maximum Gasteiger partial charge on any atom is 0.0740 e. The molecule has 6 rings (SSSR count). The van der Waals surface area contributed by atoms with E-state index < -0.39 is 0 Å². The minimum atomic E-state index is 0.446. The van der Waals surface area contributed by atoms with Crippen LogP contribution in [-0.4, -0.2) is 36.3 Å². The van der Waals surface area contributed by atoms with Crippen molar-refractivity contribution in [1.29, 1.82) is 0 Å². The first-order valence-corrected chi connectivity index (χ1v) is 17.3. The molecule has 0 bridgehead atoms. The molecule has 0 heterocycles. The summed E-state index contributed by atoms with van der Waals surface area (Å²) in [5.74, 6) is 3.83. The van der Waals surface area contributed by atoms with E-state index in [0.29, 0.717) is 36.0 Å². The van der Waals surface area contributed by atoms with Crippen LogP contribution in [0.4, 0.5) is 0 Å². The molecular weight excluding hydrogens is 466 g/mol. The second-order valence-corrected chi connectivity index (χ2v) is 14.6. The fourth-order valence-corrected chi connectivity index (χ4v) is 9.92. The molecule has 1 N–H and O–H groups in total. The number of azo groups is 2. The lowest BCUT2D eigenvalue weighted by Crippen LogP contribution is -2.51. The smallest absolute Gasteiger partial charge is 0.0740 e. The molecule has 0 amide bonds. The van der Waals surface area contributed by atoms with Crippen LogP contribution in [0.15, 0.2) is 20.5 Å². The Balaban J connectivity index is 1.07. The Bertz CT molecular complexity index is 790. The SMILES string of the molecule is CC1CCCC(N=NC2CCC(N=NC3CCC(NC4CCCCC4)C4CCCCC34)C3CCCCC23)C1. The summed E-state index contributed by atoms with van der Waals surface area (Å²) in [6, 6.07) is 3.40. The topological polar surface area (TPSA) is 61.5 Å². The van der Waals surface area contributed by atoms with Crippen LogP contribution in [0, 0.1) is 29.6 Å². The quantitative estimate of drug-likeness (QED) is 0.347. The lowest BCUT2D eigenvalue weighted by molar-refractivity contribution is 0.0879. The van der Waals surface area contributed by atoms with Crippen LogP contribution >= 0.6 is 0 Å². The van der Waals surface area contributed by atoms with Gasteiger partial charge in [0, 0.05) is 12.1 Å². The molecule has 0 spiro atoms. The normalized spacial score (nSPS) is 45.2. The van der Waals surface area contributed by atoms with Gasteiger partial charge >= 0.3 is 0 Å². The Morgan fingerprint density at radius 2 is 0.974 bits per heavy atom. The van der Waals surface area contributed by atoms with E-state index >= 15 is 0 Å². The van der Waals surface area contributed by atoms with Crippen LogP contribution in [0.25, 0.3) is 0 Å². The van der Waals surface area contributed by atoms with Gasteiger partial charge in [-0.25, -0.2) is 0 Å². The Morgan fingerprint density at radius 3 is 1.61 bits per heavy atom. The van der Waals surface area contributed by atoms with Gasteiger partial charge in [-0.2, -0.15) is 20.5 Å². The molecule has 0 saturated heterocycles. The predicted molar refractivity (Wildman–Crippen MR) is 156 cm³/mol. The predicted octanol–water partition coefficient (Wildman–Crippen LogP) is 9.07. The van der Waals surface area contributed by atoms with Crippen molar-refractivity contribution in [2.45, 2.75) is 178 Å². The van der Waals surface area contributed by atoms with Crippen molar-refractivity contribution in [3.63, 3.8) is 0 Å². The van der Waals surface area contributed by atoms with E-state index in [1.54, 1.807) is 0 Å². The van der Waals surface area contributed by atoms with Crippen molar-refractivity contribution in [2.75, 3.05) is 0 Å². The number of hydrogen-bond acceptors (Lipinski definition) is 5. The minimum absolute atomic E-state index is 0.446. The third-order valence-electron chi connectivity index (χ3n) is 12.0. The van der Waals surface area contributed by atoms with E-state index in [4.69, 9.17) is 20.5 Å². The zero-order chi connectivity index (χ0) is 25.7. The highest BCUT2D eigenvalue weighted by Gasteiger charge is 2.43. The fraction of sp³-hybridized carbons (Fsp3) is 1.00. The van der Waals surface area contributed by atoms with Crippen LogP contribution in [0.5, 0.6) is 0 Å². The number of nitrogens with zero attached hydrogens (tertiary/aromatic N) is 4. The van der Waals surface area contributed by atoms with Crippen molar-refractivity contribution in [3.05, 3.63) is 0 Å². The highest BCUT2D eigenvalue weighted by Crippen LogP contribution is 2.46. The molecule has 10 unspecified atom stereocenters. The van der Waals surface area contributed by atoms with Gasteiger partial charge in [-0.3, -0.25) is 0 Å². The molecule has 6 fully saturated rings. The van der Waals surface area contributed by atoms with Gasteiger partial charge in [-0.1, -0.05) is 64.7 Å². The van der Waals surface area contributed by atoms with E-state index in [0.717, 1.165) is 29.8 Å². The van der Waals surface area contributed by atoms with Gasteiger partial charge in [-0.05, 0) is 107 Å². The van der Waals surface area contributed by atoms with Crippen LogP contribution in [0.1, 0.15) is 142 Å². The summed E-state index contributed by atoms with van der Waals surface area (Å²) >= 11 is 0. The van der Waals surface area contributed by atoms with Gasteiger partial charge in [0.25, 0.3) is 0 Å². The summed E-state index contributed by atoms with van der Waals surface area (Å²) in [6.45, 7) is 2.39. The highest BCUT2D eigenvalue weighted by molar-refractivity contribution is 4.99. The van der Waals surface area contributed by atoms with Crippen LogP contribution in [0.3, 0.4) is 0 Å². The van der Waals surface area contributed by atoms with Crippen molar-refractivity contribution in [1.82, 2.24) is 5.32 Å². The van der Waals surface area contributed by atoms with Gasteiger partial charge in [0.1, 0.15) is 0 Å². The van der Waals surface area contributed by atoms with Crippen LogP contribution in [-0.2, 0) is 0 Å². The number of rotatable bonds is 6. The average Bonchev–Trinajstić information content (AvgIpc) is 2.96. The lowest BCUT2D eigenvalue weighted by atomic mass is 9.65. The third kappa shape index (κ3) is 6.55. The lowest BCUT2D eigenvalue weighted by Gasteiger charge is -2.46. The van der Waals surface area contributed by atoms with E-state index in [1.807, 2.05) is 0 Å². The first-order chi connectivity index (χ1) is 18.7. The van der Waals surface area contributed by atoms with E-state index in [1.165, 1.54) is 135 Å². The summed E-state index contributed by atoms with van der Waals surface area (Å²) in [6.07, 6.45) is 28.3. The maximum absolute atomic E-state index is 5.26.